The van der Waals surface area contributed by atoms with Gasteiger partial charge in [-0.05, 0) is 81.1 Å². The van der Waals surface area contributed by atoms with Crippen molar-refractivity contribution in [1.82, 2.24) is 10.2 Å². The fourth-order valence-electron chi connectivity index (χ4n) is 4.71. The predicted octanol–water partition coefficient (Wildman–Crippen LogP) is 3.70. The van der Waals surface area contributed by atoms with Gasteiger partial charge in [-0.3, -0.25) is 9.59 Å². The molecule has 2 aromatic carbocycles. The lowest BCUT2D eigenvalue weighted by molar-refractivity contribution is -0.118. The lowest BCUT2D eigenvalue weighted by atomic mass is 9.83. The van der Waals surface area contributed by atoms with Crippen LogP contribution in [0.25, 0.3) is 0 Å². The van der Waals surface area contributed by atoms with Crippen LogP contribution in [0.15, 0.2) is 54.6 Å². The van der Waals surface area contributed by atoms with Gasteiger partial charge in [-0.15, -0.1) is 0 Å². The molecule has 0 aliphatic carbocycles. The molecular weight excluding hydrogens is 390 g/mol. The van der Waals surface area contributed by atoms with Gasteiger partial charge in [0.1, 0.15) is 5.75 Å². The molecule has 6 nitrogen and oxygen atoms in total. The van der Waals surface area contributed by atoms with E-state index < -0.39 is 0 Å². The largest absolute Gasteiger partial charge is 0.484 e. The molecule has 2 aliphatic rings. The fourth-order valence-corrected chi connectivity index (χ4v) is 4.71. The molecule has 2 aliphatic heterocycles. The van der Waals surface area contributed by atoms with E-state index in [1.165, 1.54) is 45.2 Å². The van der Waals surface area contributed by atoms with Gasteiger partial charge in [0, 0.05) is 23.8 Å². The number of piperidine rings is 2. The molecule has 2 amide bonds. The molecule has 2 heterocycles. The summed E-state index contributed by atoms with van der Waals surface area (Å²) in [5, 5.41) is 5.92. The molecule has 6 heteroatoms. The first-order valence-corrected chi connectivity index (χ1v) is 11.3. The Morgan fingerprint density at radius 3 is 2.52 bits per heavy atom. The van der Waals surface area contributed by atoms with Gasteiger partial charge in [0.15, 0.2) is 6.61 Å². The van der Waals surface area contributed by atoms with E-state index in [4.69, 9.17) is 4.74 Å². The number of nitrogens with one attached hydrogen (secondary N) is 2. The van der Waals surface area contributed by atoms with Crippen molar-refractivity contribution in [2.24, 2.45) is 5.92 Å². The number of nitrogens with zero attached hydrogens (tertiary/aromatic N) is 1. The van der Waals surface area contributed by atoms with Gasteiger partial charge in [0.2, 0.25) is 0 Å². The van der Waals surface area contributed by atoms with Crippen molar-refractivity contribution in [2.45, 2.75) is 38.1 Å². The van der Waals surface area contributed by atoms with Crippen LogP contribution in [0.1, 0.15) is 42.5 Å². The second kappa shape index (κ2) is 10.4. The van der Waals surface area contributed by atoms with Crippen molar-refractivity contribution in [3.05, 3.63) is 60.2 Å². The average Bonchev–Trinajstić information content (AvgIpc) is 2.82. The molecule has 4 rings (SSSR count). The maximum Gasteiger partial charge on any atom is 0.262 e. The van der Waals surface area contributed by atoms with Crippen molar-refractivity contribution in [3.8, 4) is 5.75 Å². The van der Waals surface area contributed by atoms with Crippen molar-refractivity contribution < 1.29 is 14.3 Å². The normalized spacial score (nSPS) is 21.0. The third-order valence-electron chi connectivity index (χ3n) is 6.30. The molecule has 2 aromatic rings. The fraction of sp³-hybridized carbons (Fsp3) is 0.440. The second-order valence-electron chi connectivity index (χ2n) is 8.44. The molecule has 164 valence electrons. The molecule has 2 atom stereocenters. The summed E-state index contributed by atoms with van der Waals surface area (Å²) in [5.41, 5.74) is 1.25. The van der Waals surface area contributed by atoms with Crippen molar-refractivity contribution in [3.63, 3.8) is 0 Å². The van der Waals surface area contributed by atoms with Crippen LogP contribution in [0.3, 0.4) is 0 Å². The van der Waals surface area contributed by atoms with E-state index in [0.29, 0.717) is 29.0 Å². The molecule has 0 radical (unpaired) electrons. The lowest BCUT2D eigenvalue weighted by Gasteiger charge is -2.44. The third-order valence-corrected chi connectivity index (χ3v) is 6.30. The van der Waals surface area contributed by atoms with E-state index >= 15 is 0 Å². The number of rotatable bonds is 7. The summed E-state index contributed by atoms with van der Waals surface area (Å²) < 4.78 is 5.45. The maximum absolute atomic E-state index is 12.6. The van der Waals surface area contributed by atoms with Crippen LogP contribution < -0.4 is 15.4 Å². The van der Waals surface area contributed by atoms with E-state index in [9.17, 15) is 9.59 Å². The number of carbonyl (C=O) groups is 2. The number of benzene rings is 2. The summed E-state index contributed by atoms with van der Waals surface area (Å²) in [6, 6.07) is 16.8. The molecule has 2 saturated heterocycles. The lowest BCUT2D eigenvalue weighted by Crippen LogP contribution is -2.51. The minimum atomic E-state index is -0.240. The van der Waals surface area contributed by atoms with Gasteiger partial charge in [-0.1, -0.05) is 24.6 Å². The number of hydrogen-bond donors (Lipinski definition) is 2. The second-order valence-corrected chi connectivity index (χ2v) is 8.44. The SMILES string of the molecule is O=C(COc1ccccc1)Nc1ccc(C(=O)NCC2CCCN3CCCCC23)cc1. The van der Waals surface area contributed by atoms with Crippen LogP contribution in [0.5, 0.6) is 5.75 Å². The average molecular weight is 422 g/mol. The maximum atomic E-state index is 12.6. The molecule has 0 spiro atoms. The molecule has 0 aromatic heterocycles. The van der Waals surface area contributed by atoms with Crippen LogP contribution in [-0.2, 0) is 4.79 Å². The number of anilines is 1. The molecular formula is C25H31N3O3. The summed E-state index contributed by atoms with van der Waals surface area (Å²) in [4.78, 5) is 27.3. The standard InChI is InChI=1S/C25H31N3O3/c29-24(18-31-22-8-2-1-3-9-22)27-21-13-11-19(12-14-21)25(30)26-17-20-7-6-16-28-15-5-4-10-23(20)28/h1-3,8-9,11-14,20,23H,4-7,10,15-18H2,(H,26,30)(H,27,29). The number of fused-ring (bicyclic) bond motifs is 1. The molecule has 2 unspecified atom stereocenters. The summed E-state index contributed by atoms with van der Waals surface area (Å²) in [5.74, 6) is 0.897. The quantitative estimate of drug-likeness (QED) is 0.715. The monoisotopic (exact) mass is 421 g/mol. The topological polar surface area (TPSA) is 70.7 Å². The first-order valence-electron chi connectivity index (χ1n) is 11.3. The zero-order chi connectivity index (χ0) is 21.5. The first-order chi connectivity index (χ1) is 15.2. The first kappa shape index (κ1) is 21.4. The highest BCUT2D eigenvalue weighted by Gasteiger charge is 2.32. The Labute approximate surface area is 184 Å². The summed E-state index contributed by atoms with van der Waals surface area (Å²) >= 11 is 0. The van der Waals surface area contributed by atoms with E-state index in [1.54, 1.807) is 36.4 Å². The zero-order valence-electron chi connectivity index (χ0n) is 17.9. The van der Waals surface area contributed by atoms with Gasteiger partial charge < -0.3 is 20.3 Å². The molecule has 2 fully saturated rings. The van der Waals surface area contributed by atoms with E-state index in [2.05, 4.69) is 15.5 Å². The predicted molar refractivity (Wildman–Crippen MR) is 121 cm³/mol. The molecule has 2 N–H and O–H groups in total. The van der Waals surface area contributed by atoms with Gasteiger partial charge in [0.25, 0.3) is 11.8 Å². The number of hydrogen-bond acceptors (Lipinski definition) is 4. The highest BCUT2D eigenvalue weighted by atomic mass is 16.5. The Kier molecular flexibility index (Phi) is 7.20. The Balaban J connectivity index is 1.23. The highest BCUT2D eigenvalue weighted by Crippen LogP contribution is 2.30. The molecule has 0 bridgehead atoms. The third kappa shape index (κ3) is 5.85. The smallest absolute Gasteiger partial charge is 0.262 e. The summed E-state index contributed by atoms with van der Waals surface area (Å²) in [6.07, 6.45) is 6.27. The van der Waals surface area contributed by atoms with Crippen molar-refractivity contribution in [2.75, 3.05) is 31.6 Å². The van der Waals surface area contributed by atoms with Gasteiger partial charge in [-0.2, -0.15) is 0 Å². The van der Waals surface area contributed by atoms with Crippen molar-refractivity contribution >= 4 is 17.5 Å². The van der Waals surface area contributed by atoms with Crippen LogP contribution in [0.4, 0.5) is 5.69 Å². The zero-order valence-corrected chi connectivity index (χ0v) is 17.9. The van der Waals surface area contributed by atoms with Crippen LogP contribution >= 0.6 is 0 Å². The van der Waals surface area contributed by atoms with Crippen LogP contribution in [0.2, 0.25) is 0 Å². The molecule has 0 saturated carbocycles. The van der Waals surface area contributed by atoms with Gasteiger partial charge >= 0.3 is 0 Å². The van der Waals surface area contributed by atoms with Gasteiger partial charge in [-0.25, -0.2) is 0 Å². The Morgan fingerprint density at radius 2 is 1.71 bits per heavy atom. The van der Waals surface area contributed by atoms with Crippen LogP contribution in [0, 0.1) is 5.92 Å². The highest BCUT2D eigenvalue weighted by molar-refractivity contribution is 5.96. The van der Waals surface area contributed by atoms with E-state index in [-0.39, 0.29) is 18.4 Å². The number of carbonyl (C=O) groups excluding carboxylic acids is 2. The van der Waals surface area contributed by atoms with E-state index in [1.807, 2.05) is 18.2 Å². The number of para-hydroxylation sites is 1. The Bertz CT molecular complexity index is 867. The Hall–Kier alpha value is -2.86. The van der Waals surface area contributed by atoms with E-state index in [0.717, 1.165) is 6.54 Å². The van der Waals surface area contributed by atoms with Crippen LogP contribution in [-0.4, -0.2) is 49.0 Å². The van der Waals surface area contributed by atoms with Crippen molar-refractivity contribution in [1.29, 1.82) is 0 Å². The molecule has 31 heavy (non-hydrogen) atoms. The minimum Gasteiger partial charge on any atom is -0.484 e. The summed E-state index contributed by atoms with van der Waals surface area (Å²) in [7, 11) is 0. The number of ether oxygens (including phenoxy) is 1. The number of amides is 2. The Morgan fingerprint density at radius 1 is 0.935 bits per heavy atom. The minimum absolute atomic E-state index is 0.0572. The summed E-state index contributed by atoms with van der Waals surface area (Å²) in [6.45, 7) is 3.08. The van der Waals surface area contributed by atoms with Gasteiger partial charge in [0.05, 0.1) is 0 Å².